The Morgan fingerprint density at radius 2 is 0.571 bits per heavy atom. The van der Waals surface area contributed by atoms with Crippen molar-refractivity contribution in [3.05, 3.63) is 215 Å². The average Bonchev–Trinajstić information content (AvgIpc) is 4.09. The molecule has 0 bridgehead atoms. The van der Waals surface area contributed by atoms with Gasteiger partial charge in [-0.25, -0.2) is 0 Å². The van der Waals surface area contributed by atoms with Crippen molar-refractivity contribution in [2.75, 3.05) is 0 Å². The Labute approximate surface area is 411 Å². The summed E-state index contributed by atoms with van der Waals surface area (Å²) in [6.07, 6.45) is 0. The van der Waals surface area contributed by atoms with Crippen LogP contribution in [0.1, 0.15) is 103 Å². The molecule has 13 rings (SSSR count). The summed E-state index contributed by atoms with van der Waals surface area (Å²) in [5, 5.41) is 10.7. The van der Waals surface area contributed by atoms with Crippen LogP contribution < -0.4 is 0 Å². The summed E-state index contributed by atoms with van der Waals surface area (Å²) in [5.74, 6) is 0. The number of hydrogen-bond donors (Lipinski definition) is 0. The topological polar surface area (TPSA) is 8.82 Å². The van der Waals surface area contributed by atoms with Crippen molar-refractivity contribution in [1.82, 2.24) is 8.80 Å². The van der Waals surface area contributed by atoms with Crippen molar-refractivity contribution in [3.8, 4) is 22.3 Å². The molecule has 0 saturated heterocycles. The molecule has 0 unspecified atom stereocenters. The molecular weight excluding hydrogens is 845 g/mol. The first-order valence-electron chi connectivity index (χ1n) is 25.3. The van der Waals surface area contributed by atoms with Crippen molar-refractivity contribution in [1.29, 1.82) is 0 Å². The first-order valence-corrected chi connectivity index (χ1v) is 25.3. The first-order chi connectivity index (χ1) is 33.5. The molecule has 0 aliphatic carbocycles. The predicted octanol–water partition coefficient (Wildman–Crippen LogP) is 18.6. The SMILES string of the molecule is CC(C)(C)c1ccc2c(c1)c1c3c4ccc(-c5ccc(C(C)(C)c6ccccc6)cc5)cc4n4c5ccc(C(C)(C)C)cc5c(c5c6ccc(-c7ccc(C(C)(C)c8ccccc8)cc7)cc6n2c15)c34. The number of nitrogens with zero attached hydrogens (tertiary/aromatic N) is 2. The van der Waals surface area contributed by atoms with Crippen LogP contribution in [0.4, 0.5) is 0 Å². The number of fused-ring (bicyclic) bond motifs is 14. The minimum absolute atomic E-state index is 0.0107. The van der Waals surface area contributed by atoms with Gasteiger partial charge in [-0.05, 0) is 103 Å². The van der Waals surface area contributed by atoms with Gasteiger partial charge in [-0.1, -0.05) is 215 Å². The zero-order valence-electron chi connectivity index (χ0n) is 42.2. The summed E-state index contributed by atoms with van der Waals surface area (Å²) in [6.45, 7) is 23.3. The molecule has 0 atom stereocenters. The van der Waals surface area contributed by atoms with E-state index in [0.717, 1.165) is 0 Å². The molecule has 0 spiro atoms. The second kappa shape index (κ2) is 14.6. The lowest BCUT2D eigenvalue weighted by Gasteiger charge is -2.26. The fraction of sp³-hybridized carbons (Fsp3) is 0.206. The summed E-state index contributed by atoms with van der Waals surface area (Å²) in [6, 6.07) is 69.4. The van der Waals surface area contributed by atoms with Gasteiger partial charge in [0.15, 0.2) is 0 Å². The Kier molecular flexibility index (Phi) is 8.88. The Balaban J connectivity index is 1.09. The molecule has 0 fully saturated rings. The lowest BCUT2D eigenvalue weighted by molar-refractivity contribution is 0.591. The molecule has 0 aliphatic rings. The first kappa shape index (κ1) is 42.7. The Bertz CT molecular complexity index is 3910. The molecule has 70 heavy (non-hydrogen) atoms. The third-order valence-corrected chi connectivity index (χ3v) is 16.5. The largest absolute Gasteiger partial charge is 0.308 e. The smallest absolute Gasteiger partial charge is 0.0634 e. The van der Waals surface area contributed by atoms with E-state index < -0.39 is 0 Å². The highest BCUT2D eigenvalue weighted by molar-refractivity contribution is 6.45. The van der Waals surface area contributed by atoms with E-state index in [1.54, 1.807) is 0 Å². The van der Waals surface area contributed by atoms with Gasteiger partial charge in [0.05, 0.1) is 33.1 Å². The fourth-order valence-electron chi connectivity index (χ4n) is 12.2. The van der Waals surface area contributed by atoms with E-state index in [9.17, 15) is 0 Å². The monoisotopic (exact) mass is 904 g/mol. The lowest BCUT2D eigenvalue weighted by atomic mass is 9.78. The van der Waals surface area contributed by atoms with Crippen LogP contribution in [0.3, 0.4) is 0 Å². The maximum Gasteiger partial charge on any atom is 0.0634 e. The van der Waals surface area contributed by atoms with Crippen molar-refractivity contribution >= 4 is 76.2 Å². The lowest BCUT2D eigenvalue weighted by Crippen LogP contribution is -2.18. The Hall–Kier alpha value is -7.42. The van der Waals surface area contributed by atoms with Crippen molar-refractivity contribution in [3.63, 3.8) is 0 Å². The van der Waals surface area contributed by atoms with Crippen molar-refractivity contribution in [2.45, 2.75) is 90.9 Å². The molecule has 0 aliphatic heterocycles. The average molecular weight is 905 g/mol. The van der Waals surface area contributed by atoms with Gasteiger partial charge in [0.1, 0.15) is 0 Å². The van der Waals surface area contributed by atoms with Gasteiger partial charge >= 0.3 is 0 Å². The molecule has 4 aromatic heterocycles. The van der Waals surface area contributed by atoms with Crippen LogP contribution in [0, 0.1) is 0 Å². The van der Waals surface area contributed by atoms with Crippen LogP contribution in [0.25, 0.3) is 98.4 Å². The highest BCUT2D eigenvalue weighted by Gasteiger charge is 2.31. The molecule has 0 N–H and O–H groups in total. The zero-order valence-corrected chi connectivity index (χ0v) is 42.2. The quantitative estimate of drug-likeness (QED) is 0.157. The summed E-state index contributed by atoms with van der Waals surface area (Å²) >= 11 is 0. The molecule has 2 nitrogen and oxygen atoms in total. The van der Waals surface area contributed by atoms with Gasteiger partial charge in [0.2, 0.25) is 0 Å². The summed E-state index contributed by atoms with van der Waals surface area (Å²) in [4.78, 5) is 0. The summed E-state index contributed by atoms with van der Waals surface area (Å²) in [7, 11) is 0. The van der Waals surface area contributed by atoms with Gasteiger partial charge in [-0.15, -0.1) is 0 Å². The Morgan fingerprint density at radius 1 is 0.257 bits per heavy atom. The molecule has 342 valence electrons. The van der Waals surface area contributed by atoms with E-state index in [2.05, 4.69) is 260 Å². The van der Waals surface area contributed by atoms with E-state index in [0.29, 0.717) is 0 Å². The van der Waals surface area contributed by atoms with Gasteiger partial charge in [-0.3, -0.25) is 0 Å². The van der Waals surface area contributed by atoms with Crippen LogP contribution in [0.5, 0.6) is 0 Å². The highest BCUT2D eigenvalue weighted by atomic mass is 14.9. The van der Waals surface area contributed by atoms with Gasteiger partial charge < -0.3 is 8.80 Å². The zero-order chi connectivity index (χ0) is 48.2. The van der Waals surface area contributed by atoms with Gasteiger partial charge in [0, 0.05) is 53.9 Å². The Morgan fingerprint density at radius 3 is 0.929 bits per heavy atom. The predicted molar refractivity (Wildman–Crippen MR) is 301 cm³/mol. The van der Waals surface area contributed by atoms with Crippen molar-refractivity contribution in [2.24, 2.45) is 0 Å². The maximum atomic E-state index is 2.62. The van der Waals surface area contributed by atoms with Gasteiger partial charge in [0.25, 0.3) is 0 Å². The summed E-state index contributed by atoms with van der Waals surface area (Å²) in [5.41, 5.74) is 20.3. The minimum Gasteiger partial charge on any atom is -0.308 e. The van der Waals surface area contributed by atoms with Crippen LogP contribution in [0.15, 0.2) is 182 Å². The third kappa shape index (κ3) is 6.05. The van der Waals surface area contributed by atoms with Gasteiger partial charge in [-0.2, -0.15) is 0 Å². The molecule has 2 heteroatoms. The minimum atomic E-state index is -0.104. The standard InChI is InChI=1S/C68H60N2/c1-65(2,3)49-31-35-55-53(39-49)61-59-51-33-25-44(42-23-29-48(30-24-42)68(9,10)46-19-15-12-16-20-46)38-58(51)70-56-36-32-50(66(4,5)6)40-54(56)62(64(59)70)60-52-34-26-43(37-57(52)69(55)63(60)61)41-21-27-47(28-22-41)67(7,8)45-17-13-11-14-18-45/h11-40H,1-10H3. The van der Waals surface area contributed by atoms with E-state index >= 15 is 0 Å². The highest BCUT2D eigenvalue weighted by Crippen LogP contribution is 2.53. The molecule has 13 aromatic rings. The summed E-state index contributed by atoms with van der Waals surface area (Å²) < 4.78 is 5.24. The molecular formula is C68H60N2. The van der Waals surface area contributed by atoms with E-state index in [1.165, 1.54) is 132 Å². The second-order valence-corrected chi connectivity index (χ2v) is 23.4. The van der Waals surface area contributed by atoms with Crippen molar-refractivity contribution < 1.29 is 0 Å². The molecule has 0 saturated carbocycles. The van der Waals surface area contributed by atoms with Crippen LogP contribution in [-0.4, -0.2) is 8.80 Å². The van der Waals surface area contributed by atoms with Crippen LogP contribution in [-0.2, 0) is 21.7 Å². The number of benzene rings is 9. The fourth-order valence-corrected chi connectivity index (χ4v) is 12.2. The molecule has 0 radical (unpaired) electrons. The molecule has 9 aromatic carbocycles. The molecule has 4 heterocycles. The third-order valence-electron chi connectivity index (χ3n) is 16.5. The number of rotatable bonds is 6. The second-order valence-electron chi connectivity index (χ2n) is 23.4. The van der Waals surface area contributed by atoms with E-state index in [-0.39, 0.29) is 21.7 Å². The normalized spacial score (nSPS) is 13.3. The van der Waals surface area contributed by atoms with Crippen LogP contribution >= 0.6 is 0 Å². The van der Waals surface area contributed by atoms with E-state index in [1.807, 2.05) is 0 Å². The maximum absolute atomic E-state index is 2.62. The number of hydrogen-bond acceptors (Lipinski definition) is 0. The molecule has 0 amide bonds. The van der Waals surface area contributed by atoms with E-state index in [4.69, 9.17) is 0 Å². The van der Waals surface area contributed by atoms with Crippen LogP contribution in [0.2, 0.25) is 0 Å². The number of aromatic nitrogens is 2.